The van der Waals surface area contributed by atoms with E-state index in [4.69, 9.17) is 17.3 Å². The first-order chi connectivity index (χ1) is 7.15. The second kappa shape index (κ2) is 4.28. The number of anilines is 1. The number of nitrogen functional groups attached to an aromatic ring is 1. The topological polar surface area (TPSA) is 64.7 Å². The van der Waals surface area contributed by atoms with Gasteiger partial charge >= 0.3 is 0 Å². The van der Waals surface area contributed by atoms with Crippen LogP contribution >= 0.6 is 34.2 Å². The smallest absolute Gasteiger partial charge is 0.227 e. The number of rotatable bonds is 1. The van der Waals surface area contributed by atoms with Crippen LogP contribution in [0.3, 0.4) is 0 Å². The predicted octanol–water partition coefficient (Wildman–Crippen LogP) is 2.38. The average Bonchev–Trinajstić information content (AvgIpc) is 2.17. The number of benzene rings is 1. The first-order valence-electron chi connectivity index (χ1n) is 4.08. The summed E-state index contributed by atoms with van der Waals surface area (Å²) in [5.74, 6) is 0.618. The molecule has 76 valence electrons. The highest BCUT2D eigenvalue weighted by Crippen LogP contribution is 2.18. The maximum Gasteiger partial charge on any atom is 0.227 e. The maximum absolute atomic E-state index is 5.69. The molecule has 0 aliphatic heterocycles. The van der Waals surface area contributed by atoms with E-state index >= 15 is 0 Å². The Hall–Kier alpha value is -0.950. The fraction of sp³-hybridized carbons (Fsp3) is 0. The minimum Gasteiger partial charge on any atom is -0.368 e. The van der Waals surface area contributed by atoms with E-state index < -0.39 is 0 Å². The van der Waals surface area contributed by atoms with Gasteiger partial charge in [0, 0.05) is 9.13 Å². The first-order valence-corrected chi connectivity index (χ1v) is 5.54. The van der Waals surface area contributed by atoms with Crippen LogP contribution in [0.25, 0.3) is 11.4 Å². The van der Waals surface area contributed by atoms with Crippen molar-refractivity contribution in [2.45, 2.75) is 0 Å². The molecule has 2 N–H and O–H groups in total. The van der Waals surface area contributed by atoms with Crippen LogP contribution in [0.4, 0.5) is 5.95 Å². The second-order valence-corrected chi connectivity index (χ2v) is 4.38. The largest absolute Gasteiger partial charge is 0.368 e. The van der Waals surface area contributed by atoms with Crippen LogP contribution in [0.1, 0.15) is 0 Å². The van der Waals surface area contributed by atoms with Crippen molar-refractivity contribution >= 4 is 40.1 Å². The third-order valence-electron chi connectivity index (χ3n) is 1.73. The zero-order chi connectivity index (χ0) is 10.8. The average molecular weight is 333 g/mol. The molecular formula is C9H6ClIN4. The highest BCUT2D eigenvalue weighted by Gasteiger charge is 2.04. The van der Waals surface area contributed by atoms with E-state index in [1.54, 1.807) is 0 Å². The molecule has 1 aromatic heterocycles. The number of hydrogen-bond donors (Lipinski definition) is 1. The minimum absolute atomic E-state index is 0.107. The van der Waals surface area contributed by atoms with Gasteiger partial charge in [-0.15, -0.1) is 0 Å². The molecular weight excluding hydrogens is 326 g/mol. The van der Waals surface area contributed by atoms with Gasteiger partial charge in [0.05, 0.1) is 0 Å². The standard InChI is InChI=1S/C9H6ClIN4/c10-8-13-7(14-9(12)15-8)5-1-3-6(11)4-2-5/h1-4H,(H2,12,13,14,15). The van der Waals surface area contributed by atoms with Gasteiger partial charge in [-0.25, -0.2) is 0 Å². The van der Waals surface area contributed by atoms with Gasteiger partial charge in [0.2, 0.25) is 11.2 Å². The van der Waals surface area contributed by atoms with Gasteiger partial charge in [-0.2, -0.15) is 15.0 Å². The summed E-state index contributed by atoms with van der Waals surface area (Å²) in [7, 11) is 0. The maximum atomic E-state index is 5.69. The summed E-state index contributed by atoms with van der Waals surface area (Å²) in [6.45, 7) is 0. The van der Waals surface area contributed by atoms with Crippen molar-refractivity contribution < 1.29 is 0 Å². The molecule has 0 radical (unpaired) electrons. The molecule has 4 nitrogen and oxygen atoms in total. The van der Waals surface area contributed by atoms with Crippen LogP contribution in [-0.4, -0.2) is 15.0 Å². The Balaban J connectivity index is 2.49. The molecule has 15 heavy (non-hydrogen) atoms. The number of hydrogen-bond acceptors (Lipinski definition) is 4. The molecule has 0 saturated heterocycles. The fourth-order valence-corrected chi connectivity index (χ4v) is 1.62. The van der Waals surface area contributed by atoms with Crippen molar-refractivity contribution in [3.05, 3.63) is 33.1 Å². The van der Waals surface area contributed by atoms with Gasteiger partial charge in [-0.3, -0.25) is 0 Å². The van der Waals surface area contributed by atoms with Crippen molar-refractivity contribution in [1.29, 1.82) is 0 Å². The summed E-state index contributed by atoms with van der Waals surface area (Å²) in [5, 5.41) is 0.107. The third-order valence-corrected chi connectivity index (χ3v) is 2.62. The van der Waals surface area contributed by atoms with Crippen LogP contribution in [0.15, 0.2) is 24.3 Å². The molecule has 0 saturated carbocycles. The van der Waals surface area contributed by atoms with Crippen LogP contribution in [0.2, 0.25) is 5.28 Å². The molecule has 1 aromatic carbocycles. The molecule has 1 heterocycles. The molecule has 0 unspecified atom stereocenters. The van der Waals surface area contributed by atoms with Gasteiger partial charge in [0.15, 0.2) is 5.82 Å². The SMILES string of the molecule is Nc1nc(Cl)nc(-c2ccc(I)cc2)n1. The molecule has 0 fully saturated rings. The van der Waals surface area contributed by atoms with Crippen molar-refractivity contribution in [1.82, 2.24) is 15.0 Å². The Morgan fingerprint density at radius 1 is 1.07 bits per heavy atom. The second-order valence-electron chi connectivity index (χ2n) is 2.79. The quantitative estimate of drug-likeness (QED) is 0.814. The van der Waals surface area contributed by atoms with E-state index in [1.807, 2.05) is 24.3 Å². The summed E-state index contributed by atoms with van der Waals surface area (Å²) in [6.07, 6.45) is 0. The van der Waals surface area contributed by atoms with Gasteiger partial charge in [-0.1, -0.05) is 12.1 Å². The van der Waals surface area contributed by atoms with Crippen LogP contribution in [0, 0.1) is 3.57 Å². The molecule has 0 spiro atoms. The molecule has 2 aromatic rings. The predicted molar refractivity (Wildman–Crippen MR) is 67.4 cm³/mol. The van der Waals surface area contributed by atoms with E-state index in [2.05, 4.69) is 37.5 Å². The van der Waals surface area contributed by atoms with Crippen LogP contribution < -0.4 is 5.73 Å². The van der Waals surface area contributed by atoms with E-state index in [0.29, 0.717) is 5.82 Å². The highest BCUT2D eigenvalue weighted by atomic mass is 127. The number of nitrogens with zero attached hydrogens (tertiary/aromatic N) is 3. The normalized spacial score (nSPS) is 10.3. The molecule has 0 atom stereocenters. The monoisotopic (exact) mass is 332 g/mol. The molecule has 0 bridgehead atoms. The number of aromatic nitrogens is 3. The van der Waals surface area contributed by atoms with Crippen LogP contribution in [0.5, 0.6) is 0 Å². The van der Waals surface area contributed by atoms with E-state index in [-0.39, 0.29) is 11.2 Å². The van der Waals surface area contributed by atoms with E-state index in [9.17, 15) is 0 Å². The lowest BCUT2D eigenvalue weighted by Crippen LogP contribution is -1.99. The molecule has 0 amide bonds. The van der Waals surface area contributed by atoms with Gasteiger partial charge in [-0.05, 0) is 46.3 Å². The van der Waals surface area contributed by atoms with Gasteiger partial charge < -0.3 is 5.73 Å². The summed E-state index contributed by atoms with van der Waals surface area (Å²) < 4.78 is 1.14. The van der Waals surface area contributed by atoms with Crippen molar-refractivity contribution in [3.8, 4) is 11.4 Å². The van der Waals surface area contributed by atoms with Gasteiger partial charge in [0.25, 0.3) is 0 Å². The number of halogens is 2. The third kappa shape index (κ3) is 2.54. The molecule has 0 aliphatic rings. The van der Waals surface area contributed by atoms with Crippen LogP contribution in [-0.2, 0) is 0 Å². The summed E-state index contributed by atoms with van der Waals surface area (Å²) in [6, 6.07) is 7.74. The van der Waals surface area contributed by atoms with Gasteiger partial charge in [0.1, 0.15) is 0 Å². The Labute approximate surface area is 105 Å². The lowest BCUT2D eigenvalue weighted by molar-refractivity contribution is 1.07. The molecule has 0 aliphatic carbocycles. The Morgan fingerprint density at radius 3 is 2.33 bits per heavy atom. The molecule has 2 rings (SSSR count). The molecule has 6 heteroatoms. The van der Waals surface area contributed by atoms with E-state index in [0.717, 1.165) is 9.13 Å². The highest BCUT2D eigenvalue weighted by molar-refractivity contribution is 14.1. The summed E-state index contributed by atoms with van der Waals surface area (Å²) >= 11 is 7.91. The lowest BCUT2D eigenvalue weighted by Gasteiger charge is -2.01. The number of nitrogens with two attached hydrogens (primary N) is 1. The van der Waals surface area contributed by atoms with Crippen molar-refractivity contribution in [2.75, 3.05) is 5.73 Å². The minimum atomic E-state index is 0.107. The van der Waals surface area contributed by atoms with Crippen molar-refractivity contribution in [2.24, 2.45) is 0 Å². The van der Waals surface area contributed by atoms with E-state index in [1.165, 1.54) is 0 Å². The zero-order valence-corrected chi connectivity index (χ0v) is 10.4. The summed E-state index contributed by atoms with van der Waals surface area (Å²) in [5.41, 5.74) is 6.35. The Morgan fingerprint density at radius 2 is 1.73 bits per heavy atom. The summed E-state index contributed by atoms with van der Waals surface area (Å²) in [4.78, 5) is 11.7. The Kier molecular flexibility index (Phi) is 3.01. The Bertz CT molecular complexity index is 466. The lowest BCUT2D eigenvalue weighted by atomic mass is 10.2. The zero-order valence-electron chi connectivity index (χ0n) is 7.48. The van der Waals surface area contributed by atoms with Crippen molar-refractivity contribution in [3.63, 3.8) is 0 Å². The first kappa shape index (κ1) is 10.6. The fourth-order valence-electron chi connectivity index (χ4n) is 1.09.